The number of hydrogen-bond acceptors (Lipinski definition) is 4. The molecule has 0 N–H and O–H groups in total. The maximum Gasteiger partial charge on any atom is 0.410 e. The highest BCUT2D eigenvalue weighted by atomic mass is 32.1. The summed E-state index contributed by atoms with van der Waals surface area (Å²) in [6, 6.07) is 9.69. The highest BCUT2D eigenvalue weighted by Crippen LogP contribution is 2.36. The fourth-order valence-electron chi connectivity index (χ4n) is 2.77. The quantitative estimate of drug-likeness (QED) is 0.753. The van der Waals surface area contributed by atoms with E-state index in [-0.39, 0.29) is 6.09 Å². The van der Waals surface area contributed by atoms with E-state index in [0.29, 0.717) is 18.7 Å². The molecule has 2 heterocycles. The van der Waals surface area contributed by atoms with Crippen molar-refractivity contribution in [2.75, 3.05) is 6.54 Å². The molecule has 126 valence electrons. The van der Waals surface area contributed by atoms with E-state index in [2.05, 4.69) is 6.07 Å². The third-order valence-corrected chi connectivity index (χ3v) is 5.14. The van der Waals surface area contributed by atoms with E-state index < -0.39 is 5.60 Å². The highest BCUT2D eigenvalue weighted by Gasteiger charge is 2.27. The first-order valence-electron chi connectivity index (χ1n) is 8.01. The van der Waals surface area contributed by atoms with Crippen LogP contribution in [0.4, 0.5) is 4.79 Å². The smallest absolute Gasteiger partial charge is 0.410 e. The summed E-state index contributed by atoms with van der Waals surface area (Å²) >= 11 is 1.71. The lowest BCUT2D eigenvalue weighted by Gasteiger charge is -2.29. The molecule has 0 spiro atoms. The second-order valence-corrected chi connectivity index (χ2v) is 8.05. The van der Waals surface area contributed by atoms with E-state index >= 15 is 0 Å². The van der Waals surface area contributed by atoms with Gasteiger partial charge in [0.05, 0.1) is 6.54 Å². The van der Waals surface area contributed by atoms with Gasteiger partial charge in [0.2, 0.25) is 0 Å². The molecule has 4 nitrogen and oxygen atoms in total. The predicted octanol–water partition coefficient (Wildman–Crippen LogP) is 4.52. The zero-order valence-corrected chi connectivity index (χ0v) is 15.0. The van der Waals surface area contributed by atoms with Crippen LogP contribution < -0.4 is 0 Å². The van der Waals surface area contributed by atoms with Gasteiger partial charge in [-0.1, -0.05) is 24.3 Å². The topological polar surface area (TPSA) is 46.6 Å². The van der Waals surface area contributed by atoms with Crippen LogP contribution in [0.3, 0.4) is 0 Å². The molecule has 0 aliphatic carbocycles. The molecule has 3 rings (SSSR count). The van der Waals surface area contributed by atoms with Crippen molar-refractivity contribution in [2.24, 2.45) is 0 Å². The summed E-state index contributed by atoms with van der Waals surface area (Å²) in [5.74, 6) is 0. The highest BCUT2D eigenvalue weighted by molar-refractivity contribution is 7.15. The Kier molecular flexibility index (Phi) is 4.45. The van der Waals surface area contributed by atoms with Crippen molar-refractivity contribution in [1.82, 2.24) is 4.90 Å². The van der Waals surface area contributed by atoms with E-state index in [1.165, 1.54) is 4.88 Å². The summed E-state index contributed by atoms with van der Waals surface area (Å²) in [6.07, 6.45) is 1.44. The fourth-order valence-corrected chi connectivity index (χ4v) is 3.98. The molecule has 1 aromatic carbocycles. The second-order valence-electron chi connectivity index (χ2n) is 6.92. The molecule has 5 heteroatoms. The molecule has 0 bridgehead atoms. The van der Waals surface area contributed by atoms with Crippen LogP contribution in [0.2, 0.25) is 0 Å². The number of hydrogen-bond donors (Lipinski definition) is 0. The molecule has 0 saturated heterocycles. The van der Waals surface area contributed by atoms with E-state index in [1.807, 2.05) is 45.0 Å². The minimum Gasteiger partial charge on any atom is -0.444 e. The molecular formula is C19H21NO3S. The van der Waals surface area contributed by atoms with Gasteiger partial charge < -0.3 is 9.64 Å². The number of thiophene rings is 1. The van der Waals surface area contributed by atoms with Crippen LogP contribution in [0, 0.1) is 0 Å². The molecule has 1 aromatic heterocycles. The molecule has 0 unspecified atom stereocenters. The summed E-state index contributed by atoms with van der Waals surface area (Å²) in [7, 11) is 0. The Morgan fingerprint density at radius 3 is 2.75 bits per heavy atom. The number of rotatable bonds is 2. The van der Waals surface area contributed by atoms with Gasteiger partial charge in [-0.05, 0) is 38.8 Å². The predicted molar refractivity (Wildman–Crippen MR) is 95.5 cm³/mol. The Bertz CT molecular complexity index is 773. The molecule has 24 heavy (non-hydrogen) atoms. The summed E-state index contributed by atoms with van der Waals surface area (Å²) in [5, 5.41) is 0. The molecule has 1 aliphatic rings. The first-order valence-corrected chi connectivity index (χ1v) is 8.83. The second kappa shape index (κ2) is 6.40. The number of fused-ring (bicyclic) bond motifs is 1. The normalized spacial score (nSPS) is 14.2. The van der Waals surface area contributed by atoms with E-state index in [9.17, 15) is 9.59 Å². The van der Waals surface area contributed by atoms with Gasteiger partial charge >= 0.3 is 6.09 Å². The molecule has 0 fully saturated rings. The summed E-state index contributed by atoms with van der Waals surface area (Å²) < 4.78 is 5.46. The van der Waals surface area contributed by atoms with Gasteiger partial charge in [0, 0.05) is 27.4 Å². The van der Waals surface area contributed by atoms with Crippen LogP contribution in [0.25, 0.3) is 10.4 Å². The minimum atomic E-state index is -0.486. The zero-order valence-electron chi connectivity index (χ0n) is 14.2. The molecule has 1 aliphatic heterocycles. The standard InChI is InChI=1S/C19H21NO3S/c1-19(2,3)23-18(22)20-9-8-16-14(11-20)10-17(24-16)15-7-5-4-6-13(15)12-21/h4-7,10,12H,8-9,11H2,1-3H3. The first-order chi connectivity index (χ1) is 11.4. The molecule has 0 radical (unpaired) electrons. The van der Waals surface area contributed by atoms with Crippen molar-refractivity contribution in [2.45, 2.75) is 39.3 Å². The number of nitrogens with zero attached hydrogens (tertiary/aromatic N) is 1. The lowest BCUT2D eigenvalue weighted by molar-refractivity contribution is 0.0225. The Morgan fingerprint density at radius 1 is 1.29 bits per heavy atom. The van der Waals surface area contributed by atoms with Gasteiger partial charge in [-0.2, -0.15) is 0 Å². The van der Waals surface area contributed by atoms with Gasteiger partial charge in [0.15, 0.2) is 6.29 Å². The SMILES string of the molecule is CC(C)(C)OC(=O)N1CCc2sc(-c3ccccc3C=O)cc2C1. The van der Waals surface area contributed by atoms with Crippen molar-refractivity contribution >= 4 is 23.7 Å². The van der Waals surface area contributed by atoms with Gasteiger partial charge in [-0.25, -0.2) is 4.79 Å². The summed E-state index contributed by atoms with van der Waals surface area (Å²) in [6.45, 7) is 6.85. The van der Waals surface area contributed by atoms with Crippen molar-refractivity contribution in [3.05, 3.63) is 46.3 Å². The Balaban J connectivity index is 1.83. The minimum absolute atomic E-state index is 0.269. The number of ether oxygens (including phenoxy) is 1. The van der Waals surface area contributed by atoms with Crippen LogP contribution in [0.15, 0.2) is 30.3 Å². The van der Waals surface area contributed by atoms with Gasteiger partial charge in [-0.3, -0.25) is 4.79 Å². The van der Waals surface area contributed by atoms with Crippen molar-refractivity contribution < 1.29 is 14.3 Å². The van der Waals surface area contributed by atoms with Gasteiger partial charge in [-0.15, -0.1) is 11.3 Å². The lowest BCUT2D eigenvalue weighted by Crippen LogP contribution is -2.39. The largest absolute Gasteiger partial charge is 0.444 e. The van der Waals surface area contributed by atoms with E-state index in [1.54, 1.807) is 16.2 Å². The average molecular weight is 343 g/mol. The molecule has 2 aromatic rings. The first kappa shape index (κ1) is 16.7. The van der Waals surface area contributed by atoms with E-state index in [4.69, 9.17) is 4.74 Å². The Hall–Kier alpha value is -2.14. The maximum absolute atomic E-state index is 12.3. The Morgan fingerprint density at radius 2 is 2.04 bits per heavy atom. The number of aldehydes is 1. The third kappa shape index (κ3) is 3.51. The van der Waals surface area contributed by atoms with Crippen molar-refractivity contribution in [3.63, 3.8) is 0 Å². The van der Waals surface area contributed by atoms with Crippen LogP contribution >= 0.6 is 11.3 Å². The number of amides is 1. The van der Waals surface area contributed by atoms with Crippen LogP contribution in [0.5, 0.6) is 0 Å². The fraction of sp³-hybridized carbons (Fsp3) is 0.368. The summed E-state index contributed by atoms with van der Waals surface area (Å²) in [4.78, 5) is 27.6. The van der Waals surface area contributed by atoms with Crippen molar-refractivity contribution in [1.29, 1.82) is 0 Å². The molecule has 0 atom stereocenters. The molecular weight excluding hydrogens is 322 g/mol. The van der Waals surface area contributed by atoms with Gasteiger partial charge in [0.1, 0.15) is 5.60 Å². The summed E-state index contributed by atoms with van der Waals surface area (Å²) in [5.41, 5.74) is 2.31. The maximum atomic E-state index is 12.3. The zero-order chi connectivity index (χ0) is 17.3. The van der Waals surface area contributed by atoms with Gasteiger partial charge in [0.25, 0.3) is 0 Å². The number of carbonyl (C=O) groups is 2. The monoisotopic (exact) mass is 343 g/mol. The van der Waals surface area contributed by atoms with Crippen LogP contribution in [0.1, 0.15) is 41.6 Å². The van der Waals surface area contributed by atoms with Crippen molar-refractivity contribution in [3.8, 4) is 10.4 Å². The van der Waals surface area contributed by atoms with Crippen LogP contribution in [-0.4, -0.2) is 29.4 Å². The van der Waals surface area contributed by atoms with Crippen LogP contribution in [-0.2, 0) is 17.7 Å². The lowest BCUT2D eigenvalue weighted by atomic mass is 10.0. The number of carbonyl (C=O) groups excluding carboxylic acids is 2. The molecule has 0 saturated carbocycles. The Labute approximate surface area is 146 Å². The average Bonchev–Trinajstić information content (AvgIpc) is 2.96. The number of benzene rings is 1. The molecule has 1 amide bonds. The third-order valence-electron chi connectivity index (χ3n) is 3.87. The van der Waals surface area contributed by atoms with E-state index in [0.717, 1.165) is 28.7 Å².